The van der Waals surface area contributed by atoms with E-state index < -0.39 is 0 Å². The second-order valence-electron chi connectivity index (χ2n) is 7.50. The zero-order chi connectivity index (χ0) is 20.7. The van der Waals surface area contributed by atoms with Gasteiger partial charge < -0.3 is 19.2 Å². The zero-order valence-corrected chi connectivity index (χ0v) is 17.3. The summed E-state index contributed by atoms with van der Waals surface area (Å²) < 4.78 is 17.5. The average molecular weight is 397 g/mol. The maximum atomic E-state index is 6.29. The van der Waals surface area contributed by atoms with Gasteiger partial charge in [0.25, 0.3) is 0 Å². The second-order valence-corrected chi connectivity index (χ2v) is 7.50. The van der Waals surface area contributed by atoms with Gasteiger partial charge in [-0.1, -0.05) is 42.5 Å². The predicted octanol–water partition coefficient (Wildman–Crippen LogP) is 6.38. The van der Waals surface area contributed by atoms with Crippen LogP contribution in [0.3, 0.4) is 0 Å². The van der Waals surface area contributed by atoms with Gasteiger partial charge in [-0.3, -0.25) is 0 Å². The third-order valence-electron chi connectivity index (χ3n) is 5.55. The van der Waals surface area contributed by atoms with E-state index in [-0.39, 0.29) is 0 Å². The monoisotopic (exact) mass is 397 g/mol. The fraction of sp³-hybridized carbons (Fsp3) is 0.154. The van der Waals surface area contributed by atoms with Crippen LogP contribution in [0.2, 0.25) is 0 Å². The van der Waals surface area contributed by atoms with Gasteiger partial charge in [-0.05, 0) is 41.6 Å². The molecule has 0 unspecified atom stereocenters. The number of benzene rings is 4. The molecule has 30 heavy (non-hydrogen) atoms. The Morgan fingerprint density at radius 2 is 1.43 bits per heavy atom. The summed E-state index contributed by atoms with van der Waals surface area (Å²) in [5, 5.41) is 4.41. The summed E-state index contributed by atoms with van der Waals surface area (Å²) in [6.45, 7) is 2.60. The first-order chi connectivity index (χ1) is 14.7. The van der Waals surface area contributed by atoms with Gasteiger partial charge in [0.05, 0.1) is 19.7 Å². The molecule has 4 aromatic carbocycles. The molecule has 0 aliphatic carbocycles. The molecule has 0 radical (unpaired) electrons. The Bertz CT molecular complexity index is 1370. The first-order valence-corrected chi connectivity index (χ1v) is 9.95. The molecule has 5 rings (SSSR count). The van der Waals surface area contributed by atoms with Crippen LogP contribution >= 0.6 is 0 Å². The maximum Gasteiger partial charge on any atom is 0.161 e. The Kier molecular flexibility index (Phi) is 4.47. The van der Waals surface area contributed by atoms with Gasteiger partial charge in [-0.2, -0.15) is 0 Å². The molecule has 0 amide bonds. The highest BCUT2D eigenvalue weighted by molar-refractivity contribution is 6.22. The number of methoxy groups -OCH3 is 2. The van der Waals surface area contributed by atoms with E-state index in [1.807, 2.05) is 30.3 Å². The molecule has 0 saturated heterocycles. The predicted molar refractivity (Wildman–Crippen MR) is 122 cm³/mol. The normalized spacial score (nSPS) is 11.3. The Morgan fingerprint density at radius 3 is 2.17 bits per heavy atom. The summed E-state index contributed by atoms with van der Waals surface area (Å²) in [6.07, 6.45) is 0. The third-order valence-corrected chi connectivity index (χ3v) is 5.55. The number of aryl methyl sites for hydroxylation is 1. The number of ether oxygens (including phenoxy) is 3. The summed E-state index contributed by atoms with van der Waals surface area (Å²) in [6, 6.07) is 22.8. The van der Waals surface area contributed by atoms with E-state index in [1.54, 1.807) is 14.2 Å². The fourth-order valence-corrected chi connectivity index (χ4v) is 4.08. The van der Waals surface area contributed by atoms with Gasteiger partial charge in [-0.25, -0.2) is 0 Å². The number of aromatic amines is 1. The molecule has 4 heteroatoms. The molecule has 0 saturated carbocycles. The summed E-state index contributed by atoms with van der Waals surface area (Å²) in [5.74, 6) is 2.20. The minimum absolute atomic E-state index is 0.495. The Labute approximate surface area is 175 Å². The van der Waals surface area contributed by atoms with E-state index in [0.717, 1.165) is 38.5 Å². The highest BCUT2D eigenvalue weighted by atomic mass is 16.5. The minimum Gasteiger partial charge on any atom is -0.493 e. The van der Waals surface area contributed by atoms with Crippen LogP contribution in [0.1, 0.15) is 11.1 Å². The summed E-state index contributed by atoms with van der Waals surface area (Å²) >= 11 is 0. The molecule has 1 N–H and O–H groups in total. The lowest BCUT2D eigenvalue weighted by Crippen LogP contribution is -1.97. The lowest BCUT2D eigenvalue weighted by atomic mass is 10.0. The number of H-pyrrole nitrogens is 1. The molecular weight excluding hydrogens is 374 g/mol. The molecule has 0 bridgehead atoms. The van der Waals surface area contributed by atoms with Crippen molar-refractivity contribution in [3.8, 4) is 17.2 Å². The molecule has 0 spiro atoms. The smallest absolute Gasteiger partial charge is 0.161 e. The minimum atomic E-state index is 0.495. The van der Waals surface area contributed by atoms with Gasteiger partial charge in [0.1, 0.15) is 12.4 Å². The molecule has 5 aromatic rings. The Balaban J connectivity index is 1.78. The summed E-state index contributed by atoms with van der Waals surface area (Å²) in [4.78, 5) is 3.56. The molecule has 0 fully saturated rings. The number of hydrogen-bond acceptors (Lipinski definition) is 3. The van der Waals surface area contributed by atoms with Crippen molar-refractivity contribution in [3.05, 3.63) is 77.9 Å². The molecular formula is C26H23NO3. The Morgan fingerprint density at radius 1 is 0.700 bits per heavy atom. The largest absolute Gasteiger partial charge is 0.493 e. The number of aromatic nitrogens is 1. The highest BCUT2D eigenvalue weighted by Gasteiger charge is 2.17. The maximum absolute atomic E-state index is 6.29. The first-order valence-electron chi connectivity index (χ1n) is 9.95. The molecule has 0 aliphatic heterocycles. The SMILES string of the molecule is COc1cc2c(OCc3ccccc3)cc3[nH]c4cc(C)ccc4c3c2cc1OC. The van der Waals surface area contributed by atoms with Crippen molar-refractivity contribution in [2.45, 2.75) is 13.5 Å². The van der Waals surface area contributed by atoms with Crippen LogP contribution in [0.15, 0.2) is 66.7 Å². The topological polar surface area (TPSA) is 43.5 Å². The Hall–Kier alpha value is -3.66. The van der Waals surface area contributed by atoms with Crippen LogP contribution in [-0.2, 0) is 6.61 Å². The lowest BCUT2D eigenvalue weighted by Gasteiger charge is -2.14. The molecule has 1 aromatic heterocycles. The van der Waals surface area contributed by atoms with Gasteiger partial charge in [0.2, 0.25) is 0 Å². The van der Waals surface area contributed by atoms with E-state index in [9.17, 15) is 0 Å². The van der Waals surface area contributed by atoms with Crippen molar-refractivity contribution in [1.82, 2.24) is 4.98 Å². The first kappa shape index (κ1) is 18.4. The number of hydrogen-bond donors (Lipinski definition) is 1. The third kappa shape index (κ3) is 3.01. The van der Waals surface area contributed by atoms with Crippen LogP contribution in [0.4, 0.5) is 0 Å². The van der Waals surface area contributed by atoms with E-state index >= 15 is 0 Å². The number of rotatable bonds is 5. The molecule has 150 valence electrons. The zero-order valence-electron chi connectivity index (χ0n) is 17.3. The van der Waals surface area contributed by atoms with Crippen molar-refractivity contribution in [2.75, 3.05) is 14.2 Å². The van der Waals surface area contributed by atoms with Crippen molar-refractivity contribution >= 4 is 32.6 Å². The van der Waals surface area contributed by atoms with Crippen LogP contribution in [0.5, 0.6) is 17.2 Å². The molecule has 0 aliphatic rings. The second kappa shape index (κ2) is 7.30. The van der Waals surface area contributed by atoms with Gasteiger partial charge in [0, 0.05) is 27.7 Å². The quantitative estimate of drug-likeness (QED) is 0.374. The van der Waals surface area contributed by atoms with E-state index in [4.69, 9.17) is 14.2 Å². The summed E-state index contributed by atoms with van der Waals surface area (Å²) in [7, 11) is 3.32. The van der Waals surface area contributed by atoms with Crippen molar-refractivity contribution < 1.29 is 14.2 Å². The van der Waals surface area contributed by atoms with Gasteiger partial charge in [-0.15, -0.1) is 0 Å². The van der Waals surface area contributed by atoms with E-state index in [0.29, 0.717) is 18.1 Å². The molecule has 1 heterocycles. The summed E-state index contributed by atoms with van der Waals surface area (Å²) in [5.41, 5.74) is 4.50. The average Bonchev–Trinajstić information content (AvgIpc) is 3.14. The van der Waals surface area contributed by atoms with Crippen LogP contribution < -0.4 is 14.2 Å². The van der Waals surface area contributed by atoms with Gasteiger partial charge in [0.15, 0.2) is 11.5 Å². The van der Waals surface area contributed by atoms with Crippen LogP contribution in [-0.4, -0.2) is 19.2 Å². The fourth-order valence-electron chi connectivity index (χ4n) is 4.08. The van der Waals surface area contributed by atoms with Gasteiger partial charge >= 0.3 is 0 Å². The van der Waals surface area contributed by atoms with Crippen molar-refractivity contribution in [1.29, 1.82) is 0 Å². The van der Waals surface area contributed by atoms with Crippen molar-refractivity contribution in [2.24, 2.45) is 0 Å². The molecule has 0 atom stereocenters. The molecule has 4 nitrogen and oxygen atoms in total. The number of fused-ring (bicyclic) bond motifs is 5. The van der Waals surface area contributed by atoms with E-state index in [2.05, 4.69) is 48.3 Å². The van der Waals surface area contributed by atoms with E-state index in [1.165, 1.54) is 10.9 Å². The van der Waals surface area contributed by atoms with Crippen LogP contribution in [0, 0.1) is 6.92 Å². The van der Waals surface area contributed by atoms with Crippen LogP contribution in [0.25, 0.3) is 32.6 Å². The van der Waals surface area contributed by atoms with Crippen molar-refractivity contribution in [3.63, 3.8) is 0 Å². The number of nitrogens with one attached hydrogen (secondary N) is 1. The lowest BCUT2D eigenvalue weighted by molar-refractivity contribution is 0.310. The standard InChI is InChI=1S/C26H23NO3/c1-16-9-10-18-21(11-16)27-22-14-23(30-15-17-7-5-4-6-8-17)19-12-24(28-2)25(29-3)13-20(19)26(18)22/h4-14,27H,15H2,1-3H3. The highest BCUT2D eigenvalue weighted by Crippen LogP contribution is 2.43.